The number of rotatable bonds is 4. The lowest BCUT2D eigenvalue weighted by Gasteiger charge is -2.25. The minimum Gasteiger partial charge on any atom is -0.496 e. The highest BCUT2D eigenvalue weighted by Gasteiger charge is 2.40. The highest BCUT2D eigenvalue weighted by Crippen LogP contribution is 2.27. The minimum atomic E-state index is -4.14. The number of hydrogen-bond acceptors (Lipinski definition) is 3. The number of halogens is 3. The average Bonchev–Trinajstić information content (AvgIpc) is 2.70. The molecule has 1 aliphatic rings. The van der Waals surface area contributed by atoms with Crippen molar-refractivity contribution < 1.29 is 17.9 Å². The third kappa shape index (κ3) is 4.61. The molecule has 0 saturated carbocycles. The van der Waals surface area contributed by atoms with Gasteiger partial charge in [-0.15, -0.1) is 0 Å². The summed E-state index contributed by atoms with van der Waals surface area (Å²) in [6.07, 6.45) is -3.45. The van der Waals surface area contributed by atoms with Crippen LogP contribution in [0.3, 0.4) is 0 Å². The first-order valence-corrected chi connectivity index (χ1v) is 7.12. The Morgan fingerprint density at radius 1 is 1.33 bits per heavy atom. The van der Waals surface area contributed by atoms with Gasteiger partial charge in [0, 0.05) is 32.7 Å². The van der Waals surface area contributed by atoms with Crippen molar-refractivity contribution in [2.45, 2.75) is 12.6 Å². The lowest BCUT2D eigenvalue weighted by molar-refractivity contribution is -0.175. The summed E-state index contributed by atoms with van der Waals surface area (Å²) in [7, 11) is 1.61. The summed E-state index contributed by atoms with van der Waals surface area (Å²) in [5.74, 6) is -0.504. The van der Waals surface area contributed by atoms with E-state index in [9.17, 15) is 13.2 Å². The van der Waals surface area contributed by atoms with Gasteiger partial charge in [0.15, 0.2) is 0 Å². The van der Waals surface area contributed by atoms with Crippen LogP contribution >= 0.6 is 0 Å². The van der Waals surface area contributed by atoms with Crippen molar-refractivity contribution in [3.8, 4) is 5.75 Å². The number of nitrogens with zero attached hydrogens (tertiary/aromatic N) is 1. The fraction of sp³-hybridized carbons (Fsp3) is 0.600. The second-order valence-electron chi connectivity index (χ2n) is 5.31. The van der Waals surface area contributed by atoms with Crippen molar-refractivity contribution in [1.82, 2.24) is 10.2 Å². The van der Waals surface area contributed by atoms with E-state index in [2.05, 4.69) is 5.32 Å². The van der Waals surface area contributed by atoms with Crippen LogP contribution < -0.4 is 10.1 Å². The maximum absolute atomic E-state index is 12.9. The molecule has 1 saturated heterocycles. The van der Waals surface area contributed by atoms with Gasteiger partial charge in [0.1, 0.15) is 5.75 Å². The molecule has 1 heterocycles. The number of methoxy groups -OCH3 is 1. The number of para-hydroxylation sites is 1. The molecule has 2 rings (SSSR count). The number of nitrogens with one attached hydrogen (secondary N) is 1. The molecule has 1 N–H and O–H groups in total. The van der Waals surface area contributed by atoms with Gasteiger partial charge in [-0.05, 0) is 18.1 Å². The Labute approximate surface area is 123 Å². The van der Waals surface area contributed by atoms with E-state index < -0.39 is 12.1 Å². The molecular weight excluding hydrogens is 281 g/mol. The molecule has 0 aromatic heterocycles. The first kappa shape index (κ1) is 16.1. The molecule has 21 heavy (non-hydrogen) atoms. The molecule has 1 aromatic rings. The van der Waals surface area contributed by atoms with Gasteiger partial charge < -0.3 is 15.0 Å². The molecule has 1 aromatic carbocycles. The van der Waals surface area contributed by atoms with Crippen LogP contribution in [-0.2, 0) is 6.42 Å². The largest absolute Gasteiger partial charge is 0.496 e. The smallest absolute Gasteiger partial charge is 0.394 e. The van der Waals surface area contributed by atoms with Crippen molar-refractivity contribution in [2.75, 3.05) is 39.8 Å². The Bertz CT molecular complexity index is 451. The second kappa shape index (κ2) is 7.13. The van der Waals surface area contributed by atoms with Crippen molar-refractivity contribution in [1.29, 1.82) is 0 Å². The molecule has 0 amide bonds. The van der Waals surface area contributed by atoms with E-state index in [1.165, 1.54) is 0 Å². The molecule has 0 bridgehead atoms. The zero-order valence-electron chi connectivity index (χ0n) is 12.1. The standard InChI is InChI=1S/C15H21F3N2O/c1-21-14-5-3-2-4-12(14)6-8-20-9-7-19-10-13(11-20)15(16,17)18/h2-5,13,19H,6-11H2,1H3. The third-order valence-electron chi connectivity index (χ3n) is 3.83. The Balaban J connectivity index is 1.95. The Morgan fingerprint density at radius 3 is 2.81 bits per heavy atom. The molecule has 1 unspecified atom stereocenters. The quantitative estimate of drug-likeness (QED) is 0.924. The summed E-state index contributed by atoms with van der Waals surface area (Å²) in [5, 5.41) is 2.87. The summed E-state index contributed by atoms with van der Waals surface area (Å²) in [6.45, 7) is 1.91. The number of benzene rings is 1. The van der Waals surface area contributed by atoms with Crippen molar-refractivity contribution in [3.05, 3.63) is 29.8 Å². The normalized spacial score (nSPS) is 21.0. The summed E-state index contributed by atoms with van der Waals surface area (Å²) in [4.78, 5) is 1.88. The lowest BCUT2D eigenvalue weighted by atomic mass is 10.1. The van der Waals surface area contributed by atoms with Crippen LogP contribution in [0.25, 0.3) is 0 Å². The summed E-state index contributed by atoms with van der Waals surface area (Å²) < 4.78 is 43.9. The number of ether oxygens (including phenoxy) is 1. The predicted octanol–water partition coefficient (Wildman–Crippen LogP) is 2.32. The van der Waals surface area contributed by atoms with Crippen LogP contribution in [0.5, 0.6) is 5.75 Å². The van der Waals surface area contributed by atoms with Crippen LogP contribution in [0.4, 0.5) is 13.2 Å². The predicted molar refractivity (Wildman–Crippen MR) is 75.6 cm³/mol. The maximum atomic E-state index is 12.9. The molecule has 118 valence electrons. The highest BCUT2D eigenvalue weighted by atomic mass is 19.4. The molecule has 3 nitrogen and oxygen atoms in total. The summed E-state index contributed by atoms with van der Waals surface area (Å²) in [5.41, 5.74) is 1.03. The van der Waals surface area contributed by atoms with E-state index in [4.69, 9.17) is 4.74 Å². The van der Waals surface area contributed by atoms with Gasteiger partial charge in [-0.1, -0.05) is 18.2 Å². The first-order chi connectivity index (χ1) is 10.0. The topological polar surface area (TPSA) is 24.5 Å². The number of hydrogen-bond donors (Lipinski definition) is 1. The number of alkyl halides is 3. The third-order valence-corrected chi connectivity index (χ3v) is 3.83. The van der Waals surface area contributed by atoms with Gasteiger partial charge in [-0.3, -0.25) is 0 Å². The highest BCUT2D eigenvalue weighted by molar-refractivity contribution is 5.33. The molecule has 1 aliphatic heterocycles. The summed E-state index contributed by atoms with van der Waals surface area (Å²) >= 11 is 0. The molecular formula is C15H21F3N2O. The van der Waals surface area contributed by atoms with E-state index in [-0.39, 0.29) is 13.1 Å². The Kier molecular flexibility index (Phi) is 5.47. The van der Waals surface area contributed by atoms with E-state index >= 15 is 0 Å². The zero-order chi connectivity index (χ0) is 15.3. The monoisotopic (exact) mass is 302 g/mol. The molecule has 1 atom stereocenters. The SMILES string of the molecule is COc1ccccc1CCN1CCNCC(C(F)(F)F)C1. The average molecular weight is 302 g/mol. The van der Waals surface area contributed by atoms with Crippen LogP contribution in [-0.4, -0.2) is 50.9 Å². The lowest BCUT2D eigenvalue weighted by Crippen LogP contribution is -2.38. The van der Waals surface area contributed by atoms with Gasteiger partial charge in [0.25, 0.3) is 0 Å². The van der Waals surface area contributed by atoms with Crippen LogP contribution in [0.15, 0.2) is 24.3 Å². The summed E-state index contributed by atoms with van der Waals surface area (Å²) in [6, 6.07) is 7.63. The van der Waals surface area contributed by atoms with Gasteiger partial charge >= 0.3 is 6.18 Å². The fourth-order valence-electron chi connectivity index (χ4n) is 2.59. The Hall–Kier alpha value is -1.27. The second-order valence-corrected chi connectivity index (χ2v) is 5.31. The van der Waals surface area contributed by atoms with Crippen molar-refractivity contribution >= 4 is 0 Å². The van der Waals surface area contributed by atoms with Crippen molar-refractivity contribution in [2.24, 2.45) is 5.92 Å². The van der Waals surface area contributed by atoms with E-state index in [1.807, 2.05) is 29.2 Å². The molecule has 1 fully saturated rings. The van der Waals surface area contributed by atoms with Gasteiger partial charge in [-0.25, -0.2) is 0 Å². The van der Waals surface area contributed by atoms with Crippen LogP contribution in [0.2, 0.25) is 0 Å². The molecule has 0 spiro atoms. The van der Waals surface area contributed by atoms with E-state index in [1.54, 1.807) is 7.11 Å². The molecule has 6 heteroatoms. The van der Waals surface area contributed by atoms with Crippen LogP contribution in [0, 0.1) is 5.92 Å². The maximum Gasteiger partial charge on any atom is 0.394 e. The molecule has 0 radical (unpaired) electrons. The molecule has 0 aliphatic carbocycles. The van der Waals surface area contributed by atoms with E-state index in [0.29, 0.717) is 26.1 Å². The first-order valence-electron chi connectivity index (χ1n) is 7.12. The van der Waals surface area contributed by atoms with Gasteiger partial charge in [0.05, 0.1) is 13.0 Å². The van der Waals surface area contributed by atoms with Gasteiger partial charge in [0.2, 0.25) is 0 Å². The van der Waals surface area contributed by atoms with Gasteiger partial charge in [-0.2, -0.15) is 13.2 Å². The fourth-order valence-corrected chi connectivity index (χ4v) is 2.59. The minimum absolute atomic E-state index is 0.00859. The van der Waals surface area contributed by atoms with E-state index in [0.717, 1.165) is 11.3 Å². The Morgan fingerprint density at radius 2 is 2.10 bits per heavy atom. The van der Waals surface area contributed by atoms with Crippen molar-refractivity contribution in [3.63, 3.8) is 0 Å². The zero-order valence-corrected chi connectivity index (χ0v) is 12.1. The van der Waals surface area contributed by atoms with Crippen LogP contribution in [0.1, 0.15) is 5.56 Å².